The van der Waals surface area contributed by atoms with Crippen molar-refractivity contribution in [3.63, 3.8) is 0 Å². The van der Waals surface area contributed by atoms with E-state index in [0.29, 0.717) is 30.0 Å². The van der Waals surface area contributed by atoms with Gasteiger partial charge in [-0.05, 0) is 61.4 Å². The van der Waals surface area contributed by atoms with Gasteiger partial charge in [-0.2, -0.15) is 0 Å². The number of guanidine groups is 1. The Morgan fingerprint density at radius 3 is 2.41 bits per heavy atom. The van der Waals surface area contributed by atoms with E-state index in [1.54, 1.807) is 35.2 Å². The molecule has 2 amide bonds. The maximum Gasteiger partial charge on any atom is 0.261 e. The van der Waals surface area contributed by atoms with Gasteiger partial charge in [0.25, 0.3) is 11.8 Å². The first-order chi connectivity index (χ1) is 15.1. The van der Waals surface area contributed by atoms with Crippen molar-refractivity contribution >= 4 is 17.8 Å². The van der Waals surface area contributed by atoms with Crippen molar-refractivity contribution in [2.75, 3.05) is 20.2 Å². The molecule has 5 N–H and O–H groups in total. The number of methoxy groups -OCH3 is 1. The largest absolute Gasteiger partial charge is 0.496 e. The van der Waals surface area contributed by atoms with E-state index >= 15 is 0 Å². The standard InChI is InChI=1S/C24H30N4O4/c1-15-13-19(21(29)27-23(25)26)20(32-3)14-18(15)16-9-11-28(12-10-16)22(30)24(2,31)17-7-5-4-6-8-17/h4-8,13-14,16,31H,9-12H2,1-3H3,(H4,25,26,27,29)/t24-/m1/s1. The number of hydrogen-bond acceptors (Lipinski definition) is 5. The van der Waals surface area contributed by atoms with Crippen molar-refractivity contribution in [3.05, 3.63) is 64.7 Å². The number of aliphatic hydroxyl groups is 1. The molecule has 3 rings (SSSR count). The fraction of sp³-hybridized carbons (Fsp3) is 0.375. The first-order valence-electron chi connectivity index (χ1n) is 10.6. The van der Waals surface area contributed by atoms with Crippen LogP contribution in [-0.4, -0.2) is 48.0 Å². The van der Waals surface area contributed by atoms with Gasteiger partial charge < -0.3 is 20.5 Å². The van der Waals surface area contributed by atoms with Gasteiger partial charge in [0.2, 0.25) is 0 Å². The molecule has 1 heterocycles. The molecule has 1 aliphatic rings. The van der Waals surface area contributed by atoms with Gasteiger partial charge in [-0.1, -0.05) is 30.3 Å². The Hall–Kier alpha value is -3.39. The number of nitrogens with two attached hydrogens (primary N) is 1. The average molecular weight is 439 g/mol. The molecule has 8 nitrogen and oxygen atoms in total. The molecule has 0 radical (unpaired) electrons. The van der Waals surface area contributed by atoms with E-state index in [9.17, 15) is 14.7 Å². The van der Waals surface area contributed by atoms with Crippen molar-refractivity contribution in [1.29, 1.82) is 5.41 Å². The molecule has 1 aliphatic heterocycles. The predicted molar refractivity (Wildman–Crippen MR) is 122 cm³/mol. The van der Waals surface area contributed by atoms with Gasteiger partial charge in [0, 0.05) is 13.1 Å². The number of hydrogen-bond donors (Lipinski definition) is 4. The summed E-state index contributed by atoms with van der Waals surface area (Å²) in [6, 6.07) is 12.6. The number of ether oxygens (including phenoxy) is 1. The van der Waals surface area contributed by atoms with E-state index < -0.39 is 17.5 Å². The number of amides is 2. The molecule has 8 heteroatoms. The number of rotatable bonds is 5. The van der Waals surface area contributed by atoms with Crippen LogP contribution in [0.3, 0.4) is 0 Å². The van der Waals surface area contributed by atoms with Crippen molar-refractivity contribution in [3.8, 4) is 5.75 Å². The lowest BCUT2D eigenvalue weighted by molar-refractivity contribution is -0.151. The Bertz CT molecular complexity index is 1010. The molecule has 0 saturated carbocycles. The van der Waals surface area contributed by atoms with Crippen LogP contribution in [0, 0.1) is 12.3 Å². The SMILES string of the molecule is COc1cc(C2CCN(C(=O)[C@](C)(O)c3ccccc3)CC2)c(C)cc1C(=O)NC(=N)N. The Morgan fingerprint density at radius 1 is 1.22 bits per heavy atom. The third-order valence-electron chi connectivity index (χ3n) is 6.06. The first-order valence-corrected chi connectivity index (χ1v) is 10.6. The summed E-state index contributed by atoms with van der Waals surface area (Å²) in [5.74, 6) is -0.614. The fourth-order valence-electron chi connectivity index (χ4n) is 4.27. The fourth-order valence-corrected chi connectivity index (χ4v) is 4.27. The zero-order valence-corrected chi connectivity index (χ0v) is 18.6. The Kier molecular flexibility index (Phi) is 6.84. The summed E-state index contributed by atoms with van der Waals surface area (Å²) in [6.45, 7) is 4.52. The van der Waals surface area contributed by atoms with Gasteiger partial charge in [-0.3, -0.25) is 20.3 Å². The van der Waals surface area contributed by atoms with Crippen molar-refractivity contribution in [1.82, 2.24) is 10.2 Å². The van der Waals surface area contributed by atoms with Crippen molar-refractivity contribution in [2.45, 2.75) is 38.2 Å². The predicted octanol–water partition coefficient (Wildman–Crippen LogP) is 2.24. The van der Waals surface area contributed by atoms with E-state index in [-0.39, 0.29) is 11.8 Å². The summed E-state index contributed by atoms with van der Waals surface area (Å²) in [5, 5.41) is 20.4. The molecule has 0 bridgehead atoms. The highest BCUT2D eigenvalue weighted by molar-refractivity contribution is 6.06. The summed E-state index contributed by atoms with van der Waals surface area (Å²) in [4.78, 5) is 27.1. The van der Waals surface area contributed by atoms with Crippen LogP contribution in [0.5, 0.6) is 5.75 Å². The quantitative estimate of drug-likeness (QED) is 0.420. The number of likely N-dealkylation sites (tertiary alicyclic amines) is 1. The number of carbonyl (C=O) groups is 2. The van der Waals surface area contributed by atoms with Crippen LogP contribution in [-0.2, 0) is 10.4 Å². The summed E-state index contributed by atoms with van der Waals surface area (Å²) in [7, 11) is 1.49. The number of nitrogens with zero attached hydrogens (tertiary/aromatic N) is 1. The van der Waals surface area contributed by atoms with Gasteiger partial charge in [-0.25, -0.2) is 0 Å². The lowest BCUT2D eigenvalue weighted by Gasteiger charge is -2.37. The number of aryl methyl sites for hydroxylation is 1. The smallest absolute Gasteiger partial charge is 0.261 e. The minimum absolute atomic E-state index is 0.194. The van der Waals surface area contributed by atoms with E-state index in [0.717, 1.165) is 24.0 Å². The molecule has 32 heavy (non-hydrogen) atoms. The molecular weight excluding hydrogens is 408 g/mol. The first kappa shape index (κ1) is 23.3. The van der Waals surface area contributed by atoms with Gasteiger partial charge in [0.15, 0.2) is 11.6 Å². The molecule has 2 aromatic rings. The second kappa shape index (κ2) is 9.40. The zero-order valence-electron chi connectivity index (χ0n) is 18.6. The second-order valence-corrected chi connectivity index (χ2v) is 8.28. The molecule has 1 fully saturated rings. The van der Waals surface area contributed by atoms with Crippen LogP contribution in [0.4, 0.5) is 0 Å². The lowest BCUT2D eigenvalue weighted by atomic mass is 9.85. The molecular formula is C24H30N4O4. The third kappa shape index (κ3) is 4.75. The van der Waals surface area contributed by atoms with Crippen LogP contribution < -0.4 is 15.8 Å². The summed E-state index contributed by atoms with van der Waals surface area (Å²) >= 11 is 0. The van der Waals surface area contributed by atoms with E-state index in [2.05, 4.69) is 5.32 Å². The number of nitrogens with one attached hydrogen (secondary N) is 2. The molecule has 1 atom stereocenters. The maximum atomic E-state index is 13.0. The Balaban J connectivity index is 1.74. The van der Waals surface area contributed by atoms with Crippen LogP contribution in [0.1, 0.15) is 52.7 Å². The average Bonchev–Trinajstić information content (AvgIpc) is 2.78. The second-order valence-electron chi connectivity index (χ2n) is 8.28. The topological polar surface area (TPSA) is 129 Å². The van der Waals surface area contributed by atoms with Crippen LogP contribution in [0.2, 0.25) is 0 Å². The van der Waals surface area contributed by atoms with E-state index in [1.165, 1.54) is 14.0 Å². The lowest BCUT2D eigenvalue weighted by Crippen LogP contribution is -2.48. The third-order valence-corrected chi connectivity index (χ3v) is 6.06. The zero-order chi connectivity index (χ0) is 23.5. The summed E-state index contributed by atoms with van der Waals surface area (Å²) in [6.07, 6.45) is 1.47. The molecule has 0 aliphatic carbocycles. The minimum atomic E-state index is -1.57. The Morgan fingerprint density at radius 2 is 1.84 bits per heavy atom. The van der Waals surface area contributed by atoms with E-state index in [1.807, 2.05) is 19.1 Å². The number of carbonyl (C=O) groups excluding carboxylic acids is 2. The van der Waals surface area contributed by atoms with E-state index in [4.69, 9.17) is 15.9 Å². The molecule has 0 aromatic heterocycles. The maximum absolute atomic E-state index is 13.0. The molecule has 1 saturated heterocycles. The summed E-state index contributed by atoms with van der Waals surface area (Å²) < 4.78 is 5.42. The van der Waals surface area contributed by atoms with Crippen LogP contribution in [0.25, 0.3) is 0 Å². The molecule has 0 spiro atoms. The highest BCUT2D eigenvalue weighted by atomic mass is 16.5. The highest BCUT2D eigenvalue weighted by Gasteiger charge is 2.38. The van der Waals surface area contributed by atoms with Crippen molar-refractivity contribution in [2.24, 2.45) is 5.73 Å². The van der Waals surface area contributed by atoms with Gasteiger partial charge >= 0.3 is 0 Å². The minimum Gasteiger partial charge on any atom is -0.496 e. The highest BCUT2D eigenvalue weighted by Crippen LogP contribution is 2.35. The Labute approximate surface area is 187 Å². The van der Waals surface area contributed by atoms with Gasteiger partial charge in [0.05, 0.1) is 12.7 Å². The molecule has 0 unspecified atom stereocenters. The van der Waals surface area contributed by atoms with Crippen LogP contribution >= 0.6 is 0 Å². The number of benzene rings is 2. The van der Waals surface area contributed by atoms with Gasteiger partial charge in [0.1, 0.15) is 5.75 Å². The molecule has 2 aromatic carbocycles. The molecule has 170 valence electrons. The normalized spacial score (nSPS) is 16.2. The van der Waals surface area contributed by atoms with Crippen molar-refractivity contribution < 1.29 is 19.4 Å². The number of piperidine rings is 1. The summed E-state index contributed by atoms with van der Waals surface area (Å²) in [5.41, 5.74) is 6.58. The monoisotopic (exact) mass is 438 g/mol. The van der Waals surface area contributed by atoms with Gasteiger partial charge in [-0.15, -0.1) is 0 Å². The van der Waals surface area contributed by atoms with Crippen LogP contribution in [0.15, 0.2) is 42.5 Å².